The largest absolute Gasteiger partial charge is 0.395 e. The molecule has 0 aliphatic rings. The van der Waals surface area contributed by atoms with E-state index in [2.05, 4.69) is 0 Å². The molecular weight excluding hydrogens is 230 g/mol. The third kappa shape index (κ3) is 8.61. The van der Waals surface area contributed by atoms with Crippen molar-refractivity contribution in [2.75, 3.05) is 32.8 Å². The van der Waals surface area contributed by atoms with Crippen LogP contribution >= 0.6 is 0 Å². The van der Waals surface area contributed by atoms with Gasteiger partial charge in [0.1, 0.15) is 0 Å². The molecule has 0 atom stereocenters. The highest BCUT2D eigenvalue weighted by Crippen LogP contribution is 2.15. The molecule has 0 saturated carbocycles. The Morgan fingerprint density at radius 2 is 1.67 bits per heavy atom. The van der Waals surface area contributed by atoms with Crippen molar-refractivity contribution < 1.29 is 14.6 Å². The van der Waals surface area contributed by atoms with E-state index in [4.69, 9.17) is 9.84 Å². The van der Waals surface area contributed by atoms with Gasteiger partial charge >= 0.3 is 0 Å². The van der Waals surface area contributed by atoms with Gasteiger partial charge in [-0.1, -0.05) is 20.8 Å². The molecule has 0 amide bonds. The molecule has 4 heteroatoms. The zero-order chi connectivity index (χ0) is 14.4. The molecule has 108 valence electrons. The normalized spacial score (nSPS) is 13.1. The molecule has 0 spiro atoms. The fraction of sp³-hybridized carbons (Fsp3) is 0.929. The van der Waals surface area contributed by atoms with Crippen LogP contribution in [-0.4, -0.2) is 54.2 Å². The lowest BCUT2D eigenvalue weighted by atomic mass is 9.90. The summed E-state index contributed by atoms with van der Waals surface area (Å²) in [6.07, 6.45) is 0. The monoisotopic (exact) mass is 259 g/mol. The summed E-state index contributed by atoms with van der Waals surface area (Å²) in [7, 11) is 0. The SMILES string of the molecule is CC(C)(C)OCCN(CCO)CC(=O)C(C)(C)C. The van der Waals surface area contributed by atoms with Crippen LogP contribution in [0.4, 0.5) is 0 Å². The second-order valence-electron chi connectivity index (χ2n) is 6.63. The molecule has 0 aromatic rings. The number of Topliss-reactive ketones (excluding diaryl/α,β-unsaturated/α-hetero) is 1. The van der Waals surface area contributed by atoms with Gasteiger partial charge in [0.05, 0.1) is 25.4 Å². The number of hydrogen-bond donors (Lipinski definition) is 1. The van der Waals surface area contributed by atoms with Gasteiger partial charge in [0, 0.05) is 18.5 Å². The van der Waals surface area contributed by atoms with Crippen molar-refractivity contribution in [1.29, 1.82) is 0 Å². The van der Waals surface area contributed by atoms with Crippen LogP contribution in [0.25, 0.3) is 0 Å². The van der Waals surface area contributed by atoms with Gasteiger partial charge in [-0.15, -0.1) is 0 Å². The minimum Gasteiger partial charge on any atom is -0.395 e. The first-order valence-electron chi connectivity index (χ1n) is 6.57. The van der Waals surface area contributed by atoms with Crippen molar-refractivity contribution >= 4 is 5.78 Å². The van der Waals surface area contributed by atoms with Gasteiger partial charge in [0.2, 0.25) is 0 Å². The Hall–Kier alpha value is -0.450. The number of aliphatic hydroxyl groups is 1. The van der Waals surface area contributed by atoms with Crippen molar-refractivity contribution in [3.63, 3.8) is 0 Å². The van der Waals surface area contributed by atoms with Gasteiger partial charge < -0.3 is 9.84 Å². The van der Waals surface area contributed by atoms with Crippen LogP contribution in [0.15, 0.2) is 0 Å². The summed E-state index contributed by atoms with van der Waals surface area (Å²) in [5, 5.41) is 9.02. The van der Waals surface area contributed by atoms with E-state index in [1.807, 2.05) is 46.4 Å². The van der Waals surface area contributed by atoms with E-state index in [0.29, 0.717) is 26.2 Å². The number of aliphatic hydroxyl groups excluding tert-OH is 1. The van der Waals surface area contributed by atoms with E-state index in [1.165, 1.54) is 0 Å². The lowest BCUT2D eigenvalue weighted by Crippen LogP contribution is -2.40. The molecule has 4 nitrogen and oxygen atoms in total. The number of carbonyl (C=O) groups excluding carboxylic acids is 1. The summed E-state index contributed by atoms with van der Waals surface area (Å²) < 4.78 is 5.64. The lowest BCUT2D eigenvalue weighted by Gasteiger charge is -2.27. The molecule has 18 heavy (non-hydrogen) atoms. The quantitative estimate of drug-likeness (QED) is 0.756. The van der Waals surface area contributed by atoms with Crippen LogP contribution in [0, 0.1) is 5.41 Å². The second-order valence-corrected chi connectivity index (χ2v) is 6.63. The molecule has 0 bridgehead atoms. The summed E-state index contributed by atoms with van der Waals surface area (Å²) in [4.78, 5) is 13.9. The van der Waals surface area contributed by atoms with Crippen LogP contribution in [0.1, 0.15) is 41.5 Å². The molecule has 0 heterocycles. The predicted molar refractivity (Wildman–Crippen MR) is 73.7 cm³/mol. The molecule has 0 aromatic carbocycles. The minimum absolute atomic E-state index is 0.0624. The Labute approximate surface area is 111 Å². The van der Waals surface area contributed by atoms with Crippen molar-refractivity contribution in [3.05, 3.63) is 0 Å². The van der Waals surface area contributed by atoms with E-state index < -0.39 is 0 Å². The van der Waals surface area contributed by atoms with E-state index in [1.54, 1.807) is 0 Å². The average molecular weight is 259 g/mol. The maximum absolute atomic E-state index is 11.9. The smallest absolute Gasteiger partial charge is 0.152 e. The van der Waals surface area contributed by atoms with E-state index in [0.717, 1.165) is 0 Å². The van der Waals surface area contributed by atoms with E-state index in [-0.39, 0.29) is 23.4 Å². The highest BCUT2D eigenvalue weighted by molar-refractivity contribution is 5.85. The van der Waals surface area contributed by atoms with Crippen molar-refractivity contribution in [2.24, 2.45) is 5.41 Å². The third-order valence-electron chi connectivity index (χ3n) is 2.56. The van der Waals surface area contributed by atoms with Crippen LogP contribution in [0.5, 0.6) is 0 Å². The van der Waals surface area contributed by atoms with Crippen molar-refractivity contribution in [2.45, 2.75) is 47.1 Å². The Bertz CT molecular complexity index is 251. The maximum atomic E-state index is 11.9. The summed E-state index contributed by atoms with van der Waals surface area (Å²) >= 11 is 0. The van der Waals surface area contributed by atoms with E-state index >= 15 is 0 Å². The summed E-state index contributed by atoms with van der Waals surface area (Å²) in [6.45, 7) is 13.9. The Morgan fingerprint density at radius 1 is 1.11 bits per heavy atom. The molecule has 1 N–H and O–H groups in total. The topological polar surface area (TPSA) is 49.8 Å². The molecule has 0 aromatic heterocycles. The summed E-state index contributed by atoms with van der Waals surface area (Å²) in [6, 6.07) is 0. The summed E-state index contributed by atoms with van der Waals surface area (Å²) in [5.74, 6) is 0.187. The Kier molecular flexibility index (Phi) is 7.04. The molecule has 0 aliphatic heterocycles. The molecule has 0 fully saturated rings. The van der Waals surface area contributed by atoms with Crippen molar-refractivity contribution in [1.82, 2.24) is 4.90 Å². The van der Waals surface area contributed by atoms with Crippen LogP contribution in [0.2, 0.25) is 0 Å². The standard InChI is InChI=1S/C14H29NO3/c1-13(2,3)12(17)11-15(7-9-16)8-10-18-14(4,5)6/h16H,7-11H2,1-6H3. The molecular formula is C14H29NO3. The number of carbonyl (C=O) groups is 1. The first kappa shape index (κ1) is 17.6. The number of ketones is 1. The molecule has 0 radical (unpaired) electrons. The second kappa shape index (κ2) is 7.22. The zero-order valence-corrected chi connectivity index (χ0v) is 12.7. The third-order valence-corrected chi connectivity index (χ3v) is 2.56. The first-order chi connectivity index (χ1) is 8.06. The number of nitrogens with zero attached hydrogens (tertiary/aromatic N) is 1. The van der Waals surface area contributed by atoms with Gasteiger partial charge in [-0.2, -0.15) is 0 Å². The Morgan fingerprint density at radius 3 is 2.06 bits per heavy atom. The zero-order valence-electron chi connectivity index (χ0n) is 12.7. The molecule has 0 rings (SSSR count). The number of hydrogen-bond acceptors (Lipinski definition) is 4. The first-order valence-corrected chi connectivity index (χ1v) is 6.57. The fourth-order valence-corrected chi connectivity index (χ4v) is 1.33. The summed E-state index contributed by atoms with van der Waals surface area (Å²) in [5.41, 5.74) is -0.502. The van der Waals surface area contributed by atoms with Gasteiger partial charge in [-0.05, 0) is 20.8 Å². The van der Waals surface area contributed by atoms with Gasteiger partial charge in [0.15, 0.2) is 5.78 Å². The van der Waals surface area contributed by atoms with E-state index in [9.17, 15) is 4.79 Å². The van der Waals surface area contributed by atoms with Crippen LogP contribution in [0.3, 0.4) is 0 Å². The fourth-order valence-electron chi connectivity index (χ4n) is 1.33. The van der Waals surface area contributed by atoms with Crippen LogP contribution < -0.4 is 0 Å². The Balaban J connectivity index is 4.19. The number of ether oxygens (including phenoxy) is 1. The average Bonchev–Trinajstić information content (AvgIpc) is 2.14. The highest BCUT2D eigenvalue weighted by atomic mass is 16.5. The maximum Gasteiger partial charge on any atom is 0.152 e. The van der Waals surface area contributed by atoms with Gasteiger partial charge in [0.25, 0.3) is 0 Å². The molecule has 0 unspecified atom stereocenters. The lowest BCUT2D eigenvalue weighted by molar-refractivity contribution is -0.127. The minimum atomic E-state index is -0.335. The molecule has 0 saturated heterocycles. The van der Waals surface area contributed by atoms with Gasteiger partial charge in [-0.25, -0.2) is 0 Å². The number of rotatable bonds is 7. The highest BCUT2D eigenvalue weighted by Gasteiger charge is 2.23. The van der Waals surface area contributed by atoms with Gasteiger partial charge in [-0.3, -0.25) is 9.69 Å². The van der Waals surface area contributed by atoms with Crippen LogP contribution in [-0.2, 0) is 9.53 Å². The van der Waals surface area contributed by atoms with Crippen molar-refractivity contribution in [3.8, 4) is 0 Å². The predicted octanol–water partition coefficient (Wildman–Crippen LogP) is 1.71. The molecule has 0 aliphatic carbocycles.